The summed E-state index contributed by atoms with van der Waals surface area (Å²) in [5.41, 5.74) is 2.41. The van der Waals surface area contributed by atoms with Crippen molar-refractivity contribution in [2.45, 2.75) is 46.1 Å². The Morgan fingerprint density at radius 1 is 1.15 bits per heavy atom. The van der Waals surface area contributed by atoms with Crippen LogP contribution in [-0.2, 0) is 17.6 Å². The predicted octanol–water partition coefficient (Wildman–Crippen LogP) is 4.34. The van der Waals surface area contributed by atoms with Gasteiger partial charge in [0.05, 0.1) is 12.3 Å². The molecule has 3 aromatic rings. The SMILES string of the molecule is CC(C)Cc1ccc(C(C)NC(=O)CCc2nc(-c3ccco3)no2)cc1. The van der Waals surface area contributed by atoms with Gasteiger partial charge in [-0.1, -0.05) is 43.3 Å². The van der Waals surface area contributed by atoms with E-state index in [1.807, 2.05) is 6.92 Å². The van der Waals surface area contributed by atoms with E-state index in [2.05, 4.69) is 53.6 Å². The molecule has 0 saturated heterocycles. The number of furan rings is 1. The number of rotatable bonds is 8. The molecule has 6 heteroatoms. The number of hydrogen-bond acceptors (Lipinski definition) is 5. The fourth-order valence-electron chi connectivity index (χ4n) is 2.89. The molecule has 3 rings (SSSR count). The maximum absolute atomic E-state index is 12.2. The summed E-state index contributed by atoms with van der Waals surface area (Å²) in [6, 6.07) is 11.9. The van der Waals surface area contributed by atoms with E-state index in [1.165, 1.54) is 5.56 Å². The van der Waals surface area contributed by atoms with Crippen LogP contribution in [0.25, 0.3) is 11.6 Å². The van der Waals surface area contributed by atoms with Gasteiger partial charge in [0.15, 0.2) is 5.76 Å². The fourth-order valence-corrected chi connectivity index (χ4v) is 2.89. The zero-order chi connectivity index (χ0) is 19.2. The molecule has 6 nitrogen and oxygen atoms in total. The molecule has 1 amide bonds. The lowest BCUT2D eigenvalue weighted by molar-refractivity contribution is -0.121. The van der Waals surface area contributed by atoms with Crippen LogP contribution in [0.1, 0.15) is 50.3 Å². The Morgan fingerprint density at radius 3 is 2.59 bits per heavy atom. The number of nitrogens with zero attached hydrogens (tertiary/aromatic N) is 2. The fraction of sp³-hybridized carbons (Fsp3) is 0.381. The van der Waals surface area contributed by atoms with Gasteiger partial charge < -0.3 is 14.3 Å². The van der Waals surface area contributed by atoms with Gasteiger partial charge in [-0.25, -0.2) is 0 Å². The Balaban J connectivity index is 1.48. The van der Waals surface area contributed by atoms with Crippen LogP contribution in [0.2, 0.25) is 0 Å². The molecular formula is C21H25N3O3. The van der Waals surface area contributed by atoms with E-state index >= 15 is 0 Å². The van der Waals surface area contributed by atoms with Crippen molar-refractivity contribution in [2.75, 3.05) is 0 Å². The standard InChI is InChI=1S/C21H25N3O3/c1-14(2)13-16-6-8-17(9-7-16)15(3)22-19(25)10-11-20-23-21(24-27-20)18-5-4-12-26-18/h4-9,12,14-15H,10-11,13H2,1-3H3,(H,22,25). The lowest BCUT2D eigenvalue weighted by Crippen LogP contribution is -2.26. The minimum Gasteiger partial charge on any atom is -0.461 e. The average molecular weight is 367 g/mol. The van der Waals surface area contributed by atoms with Gasteiger partial charge in [-0.15, -0.1) is 0 Å². The van der Waals surface area contributed by atoms with Crippen LogP contribution in [0.5, 0.6) is 0 Å². The number of aromatic nitrogens is 2. The molecule has 1 unspecified atom stereocenters. The molecule has 0 fully saturated rings. The number of nitrogens with one attached hydrogen (secondary N) is 1. The lowest BCUT2D eigenvalue weighted by Gasteiger charge is -2.15. The summed E-state index contributed by atoms with van der Waals surface area (Å²) in [4.78, 5) is 16.5. The van der Waals surface area contributed by atoms with Crippen LogP contribution in [0.15, 0.2) is 51.6 Å². The number of amides is 1. The Hall–Kier alpha value is -2.89. The van der Waals surface area contributed by atoms with E-state index in [4.69, 9.17) is 8.94 Å². The molecule has 142 valence electrons. The highest BCUT2D eigenvalue weighted by Crippen LogP contribution is 2.17. The molecule has 0 aliphatic heterocycles. The highest BCUT2D eigenvalue weighted by Gasteiger charge is 2.14. The van der Waals surface area contributed by atoms with Crippen LogP contribution < -0.4 is 5.32 Å². The van der Waals surface area contributed by atoms with Gasteiger partial charge in [-0.05, 0) is 42.5 Å². The van der Waals surface area contributed by atoms with Gasteiger partial charge in [0, 0.05) is 12.8 Å². The van der Waals surface area contributed by atoms with Gasteiger partial charge in [0.2, 0.25) is 17.6 Å². The Kier molecular flexibility index (Phi) is 6.06. The van der Waals surface area contributed by atoms with Crippen LogP contribution in [0, 0.1) is 5.92 Å². The molecule has 0 saturated carbocycles. The van der Waals surface area contributed by atoms with E-state index in [1.54, 1.807) is 18.4 Å². The van der Waals surface area contributed by atoms with E-state index in [9.17, 15) is 4.79 Å². The first kappa shape index (κ1) is 18.9. The van der Waals surface area contributed by atoms with Crippen molar-refractivity contribution in [3.63, 3.8) is 0 Å². The Bertz CT molecular complexity index is 851. The summed E-state index contributed by atoms with van der Waals surface area (Å²) in [7, 11) is 0. The van der Waals surface area contributed by atoms with Crippen molar-refractivity contribution in [1.29, 1.82) is 0 Å². The molecule has 1 aromatic carbocycles. The third-order valence-electron chi connectivity index (χ3n) is 4.28. The molecule has 27 heavy (non-hydrogen) atoms. The number of carbonyl (C=O) groups excluding carboxylic acids is 1. The summed E-state index contributed by atoms with van der Waals surface area (Å²) in [6.07, 6.45) is 3.29. The zero-order valence-corrected chi connectivity index (χ0v) is 15.9. The van der Waals surface area contributed by atoms with Crippen molar-refractivity contribution in [2.24, 2.45) is 5.92 Å². The molecule has 2 heterocycles. The first-order chi connectivity index (χ1) is 13.0. The molecule has 0 radical (unpaired) electrons. The zero-order valence-electron chi connectivity index (χ0n) is 15.9. The van der Waals surface area contributed by atoms with E-state index in [-0.39, 0.29) is 18.4 Å². The van der Waals surface area contributed by atoms with E-state index in [0.717, 1.165) is 12.0 Å². The summed E-state index contributed by atoms with van der Waals surface area (Å²) >= 11 is 0. The molecule has 0 bridgehead atoms. The minimum absolute atomic E-state index is 0.0491. The van der Waals surface area contributed by atoms with Crippen LogP contribution in [0.4, 0.5) is 0 Å². The lowest BCUT2D eigenvalue weighted by atomic mass is 10.00. The van der Waals surface area contributed by atoms with E-state index < -0.39 is 0 Å². The van der Waals surface area contributed by atoms with E-state index in [0.29, 0.717) is 29.8 Å². The topological polar surface area (TPSA) is 81.2 Å². The highest BCUT2D eigenvalue weighted by molar-refractivity contribution is 5.76. The predicted molar refractivity (Wildman–Crippen MR) is 102 cm³/mol. The quantitative estimate of drug-likeness (QED) is 0.640. The molecule has 1 N–H and O–H groups in total. The second-order valence-corrected chi connectivity index (χ2v) is 7.12. The monoisotopic (exact) mass is 367 g/mol. The molecule has 2 aromatic heterocycles. The molecule has 0 aliphatic rings. The summed E-state index contributed by atoms with van der Waals surface area (Å²) in [5.74, 6) is 1.94. The average Bonchev–Trinajstić information content (AvgIpc) is 3.31. The second-order valence-electron chi connectivity index (χ2n) is 7.12. The first-order valence-electron chi connectivity index (χ1n) is 9.26. The number of carbonyl (C=O) groups is 1. The van der Waals surface area contributed by atoms with Crippen LogP contribution in [0.3, 0.4) is 0 Å². The van der Waals surface area contributed by atoms with Gasteiger partial charge >= 0.3 is 0 Å². The van der Waals surface area contributed by atoms with Crippen LogP contribution >= 0.6 is 0 Å². The van der Waals surface area contributed by atoms with Gasteiger partial charge in [-0.2, -0.15) is 4.98 Å². The van der Waals surface area contributed by atoms with Crippen LogP contribution in [-0.4, -0.2) is 16.0 Å². The minimum atomic E-state index is -0.0495. The third kappa shape index (κ3) is 5.29. The van der Waals surface area contributed by atoms with Crippen molar-refractivity contribution < 1.29 is 13.7 Å². The molecule has 0 aliphatic carbocycles. The summed E-state index contributed by atoms with van der Waals surface area (Å²) < 4.78 is 10.4. The van der Waals surface area contributed by atoms with Gasteiger partial charge in [0.1, 0.15) is 0 Å². The first-order valence-corrected chi connectivity index (χ1v) is 9.26. The maximum atomic E-state index is 12.2. The Morgan fingerprint density at radius 2 is 1.93 bits per heavy atom. The van der Waals surface area contributed by atoms with Crippen molar-refractivity contribution >= 4 is 5.91 Å². The Labute approximate surface area is 159 Å². The number of benzene rings is 1. The molecular weight excluding hydrogens is 342 g/mol. The smallest absolute Gasteiger partial charge is 0.238 e. The third-order valence-corrected chi connectivity index (χ3v) is 4.28. The summed E-state index contributed by atoms with van der Waals surface area (Å²) in [6.45, 7) is 6.40. The maximum Gasteiger partial charge on any atom is 0.238 e. The van der Waals surface area contributed by atoms with Crippen molar-refractivity contribution in [3.8, 4) is 11.6 Å². The molecule has 0 spiro atoms. The van der Waals surface area contributed by atoms with Gasteiger partial charge in [0.25, 0.3) is 0 Å². The summed E-state index contributed by atoms with van der Waals surface area (Å²) in [5, 5.41) is 6.88. The normalized spacial score (nSPS) is 12.3. The van der Waals surface area contributed by atoms with Crippen molar-refractivity contribution in [3.05, 3.63) is 59.7 Å². The van der Waals surface area contributed by atoms with Crippen molar-refractivity contribution in [1.82, 2.24) is 15.5 Å². The number of aryl methyl sites for hydroxylation is 1. The highest BCUT2D eigenvalue weighted by atomic mass is 16.5. The largest absolute Gasteiger partial charge is 0.461 e. The van der Waals surface area contributed by atoms with Gasteiger partial charge in [-0.3, -0.25) is 4.79 Å². The second kappa shape index (κ2) is 8.66. The molecule has 1 atom stereocenters. The number of hydrogen-bond donors (Lipinski definition) is 1.